The van der Waals surface area contributed by atoms with Crippen LogP contribution in [0, 0.1) is 3.57 Å². The first-order valence-corrected chi connectivity index (χ1v) is 6.37. The third kappa shape index (κ3) is 3.07. The highest BCUT2D eigenvalue weighted by atomic mass is 127. The van der Waals surface area contributed by atoms with E-state index in [1.807, 2.05) is 6.08 Å². The van der Waals surface area contributed by atoms with E-state index in [2.05, 4.69) is 75.5 Å². The van der Waals surface area contributed by atoms with E-state index in [4.69, 9.17) is 0 Å². The van der Waals surface area contributed by atoms with Gasteiger partial charge in [0.25, 0.3) is 0 Å². The molecule has 0 aromatic heterocycles. The number of nitrogens with one attached hydrogen (secondary N) is 1. The summed E-state index contributed by atoms with van der Waals surface area (Å²) in [4.78, 5) is 0. The number of likely N-dealkylation sites (N-methyl/N-ethyl adjacent to an activating group) is 1. The number of rotatable bonds is 4. The fourth-order valence-corrected chi connectivity index (χ4v) is 2.30. The Kier molecular flexibility index (Phi) is 5.12. The molecule has 0 fully saturated rings. The smallest absolute Gasteiger partial charge is 0.0515 e. The molecule has 14 heavy (non-hydrogen) atoms. The van der Waals surface area contributed by atoms with Crippen LogP contribution in [0.15, 0.2) is 35.3 Å². The molecular weight excluding hydrogens is 353 g/mol. The minimum absolute atomic E-state index is 0.226. The summed E-state index contributed by atoms with van der Waals surface area (Å²) in [5.41, 5.74) is 1.24. The van der Waals surface area contributed by atoms with Crippen molar-refractivity contribution in [1.82, 2.24) is 5.32 Å². The van der Waals surface area contributed by atoms with Gasteiger partial charge in [-0.3, -0.25) is 0 Å². The summed E-state index contributed by atoms with van der Waals surface area (Å²) in [6.45, 7) is 6.88. The molecule has 0 bridgehead atoms. The van der Waals surface area contributed by atoms with Crippen molar-refractivity contribution in [2.24, 2.45) is 0 Å². The topological polar surface area (TPSA) is 12.0 Å². The molecule has 0 radical (unpaired) electrons. The highest BCUT2D eigenvalue weighted by molar-refractivity contribution is 14.1. The Hall–Kier alpha value is 0.130. The molecule has 1 unspecified atom stereocenters. The highest BCUT2D eigenvalue weighted by Crippen LogP contribution is 2.25. The van der Waals surface area contributed by atoms with Gasteiger partial charge in [-0.25, -0.2) is 0 Å². The summed E-state index contributed by atoms with van der Waals surface area (Å²) in [7, 11) is 0. The Morgan fingerprint density at radius 3 is 2.93 bits per heavy atom. The number of halogens is 2. The molecule has 1 aromatic carbocycles. The van der Waals surface area contributed by atoms with Crippen molar-refractivity contribution in [3.63, 3.8) is 0 Å². The van der Waals surface area contributed by atoms with Crippen molar-refractivity contribution < 1.29 is 0 Å². The van der Waals surface area contributed by atoms with Gasteiger partial charge >= 0.3 is 0 Å². The molecule has 0 amide bonds. The Labute approximate surface area is 107 Å². The number of benzene rings is 1. The van der Waals surface area contributed by atoms with Gasteiger partial charge in [-0.15, -0.1) is 6.58 Å². The predicted molar refractivity (Wildman–Crippen MR) is 73.5 cm³/mol. The van der Waals surface area contributed by atoms with Gasteiger partial charge in [0.1, 0.15) is 0 Å². The fourth-order valence-electron chi connectivity index (χ4n) is 1.29. The molecule has 1 atom stereocenters. The second kappa shape index (κ2) is 5.88. The largest absolute Gasteiger partial charge is 0.307 e. The maximum Gasteiger partial charge on any atom is 0.0515 e. The van der Waals surface area contributed by atoms with E-state index in [0.717, 1.165) is 11.0 Å². The standard InChI is InChI=1S/C11H13BrIN/c1-3-11(14-4-2)9-7-8(13)5-6-10(9)12/h3,5-7,11,14H,1,4H2,2H3. The van der Waals surface area contributed by atoms with E-state index in [0.29, 0.717) is 0 Å². The van der Waals surface area contributed by atoms with E-state index in [9.17, 15) is 0 Å². The van der Waals surface area contributed by atoms with E-state index in [1.54, 1.807) is 0 Å². The molecule has 1 nitrogen and oxygen atoms in total. The zero-order valence-electron chi connectivity index (χ0n) is 8.06. The third-order valence-electron chi connectivity index (χ3n) is 1.95. The molecule has 0 saturated carbocycles. The van der Waals surface area contributed by atoms with E-state index < -0.39 is 0 Å². The molecule has 3 heteroatoms. The van der Waals surface area contributed by atoms with Crippen LogP contribution in [0.1, 0.15) is 18.5 Å². The second-order valence-electron chi connectivity index (χ2n) is 2.94. The molecular formula is C11H13BrIN. The summed E-state index contributed by atoms with van der Waals surface area (Å²) in [5.74, 6) is 0. The third-order valence-corrected chi connectivity index (χ3v) is 3.35. The van der Waals surface area contributed by atoms with Crippen molar-refractivity contribution in [1.29, 1.82) is 0 Å². The summed E-state index contributed by atoms with van der Waals surface area (Å²) in [6.07, 6.45) is 1.93. The average molecular weight is 366 g/mol. The first-order chi connectivity index (χ1) is 6.69. The van der Waals surface area contributed by atoms with Crippen LogP contribution in [-0.4, -0.2) is 6.54 Å². The average Bonchev–Trinajstić information content (AvgIpc) is 2.18. The predicted octanol–water partition coefficient (Wildman–Crippen LogP) is 3.89. The summed E-state index contributed by atoms with van der Waals surface area (Å²) in [5, 5.41) is 3.37. The van der Waals surface area contributed by atoms with Crippen LogP contribution in [0.5, 0.6) is 0 Å². The molecule has 1 aromatic rings. The maximum absolute atomic E-state index is 3.84. The Morgan fingerprint density at radius 2 is 2.36 bits per heavy atom. The van der Waals surface area contributed by atoms with Crippen molar-refractivity contribution in [3.05, 3.63) is 44.5 Å². The monoisotopic (exact) mass is 365 g/mol. The first kappa shape index (κ1) is 12.2. The first-order valence-electron chi connectivity index (χ1n) is 4.50. The van der Waals surface area contributed by atoms with E-state index in [1.165, 1.54) is 9.13 Å². The molecule has 0 spiro atoms. The summed E-state index contributed by atoms with van der Waals surface area (Å²) >= 11 is 5.87. The normalized spacial score (nSPS) is 12.5. The molecule has 0 saturated heterocycles. The lowest BCUT2D eigenvalue weighted by molar-refractivity contribution is 0.647. The van der Waals surface area contributed by atoms with Crippen LogP contribution in [-0.2, 0) is 0 Å². The van der Waals surface area contributed by atoms with Crippen molar-refractivity contribution >= 4 is 38.5 Å². The maximum atomic E-state index is 3.84. The van der Waals surface area contributed by atoms with Gasteiger partial charge in [-0.1, -0.05) is 28.9 Å². The van der Waals surface area contributed by atoms with Crippen LogP contribution in [0.4, 0.5) is 0 Å². The number of hydrogen-bond donors (Lipinski definition) is 1. The lowest BCUT2D eigenvalue weighted by Crippen LogP contribution is -2.19. The summed E-state index contributed by atoms with van der Waals surface area (Å²) < 4.78 is 2.37. The minimum Gasteiger partial charge on any atom is -0.307 e. The van der Waals surface area contributed by atoms with Gasteiger partial charge in [0.15, 0.2) is 0 Å². The van der Waals surface area contributed by atoms with Crippen molar-refractivity contribution in [2.45, 2.75) is 13.0 Å². The van der Waals surface area contributed by atoms with Gasteiger partial charge in [0.2, 0.25) is 0 Å². The Morgan fingerprint density at radius 1 is 1.64 bits per heavy atom. The van der Waals surface area contributed by atoms with Crippen molar-refractivity contribution in [2.75, 3.05) is 6.54 Å². The van der Waals surface area contributed by atoms with Crippen LogP contribution in [0.3, 0.4) is 0 Å². The van der Waals surface area contributed by atoms with E-state index >= 15 is 0 Å². The van der Waals surface area contributed by atoms with Gasteiger partial charge in [-0.05, 0) is 52.9 Å². The second-order valence-corrected chi connectivity index (χ2v) is 5.04. The molecule has 0 aliphatic carbocycles. The van der Waals surface area contributed by atoms with Crippen LogP contribution in [0.2, 0.25) is 0 Å². The molecule has 0 aliphatic heterocycles. The lowest BCUT2D eigenvalue weighted by atomic mass is 10.1. The number of hydrogen-bond acceptors (Lipinski definition) is 1. The SMILES string of the molecule is C=CC(NCC)c1cc(I)ccc1Br. The van der Waals surface area contributed by atoms with Gasteiger partial charge < -0.3 is 5.32 Å². The lowest BCUT2D eigenvalue weighted by Gasteiger charge is -2.15. The molecule has 76 valence electrons. The molecule has 0 aliphatic rings. The Bertz CT molecular complexity index is 325. The quantitative estimate of drug-likeness (QED) is 0.630. The van der Waals surface area contributed by atoms with Crippen LogP contribution < -0.4 is 5.32 Å². The van der Waals surface area contributed by atoms with Crippen molar-refractivity contribution in [3.8, 4) is 0 Å². The summed E-state index contributed by atoms with van der Waals surface area (Å²) in [6, 6.07) is 6.55. The highest BCUT2D eigenvalue weighted by Gasteiger charge is 2.09. The Balaban J connectivity index is 3.01. The van der Waals surface area contributed by atoms with E-state index in [-0.39, 0.29) is 6.04 Å². The molecule has 0 heterocycles. The fraction of sp³-hybridized carbons (Fsp3) is 0.273. The zero-order valence-corrected chi connectivity index (χ0v) is 11.8. The van der Waals surface area contributed by atoms with Crippen LogP contribution in [0.25, 0.3) is 0 Å². The zero-order chi connectivity index (χ0) is 10.6. The minimum atomic E-state index is 0.226. The van der Waals surface area contributed by atoms with Crippen LogP contribution >= 0.6 is 38.5 Å². The molecule has 1 rings (SSSR count). The van der Waals surface area contributed by atoms with Gasteiger partial charge in [0, 0.05) is 8.04 Å². The van der Waals surface area contributed by atoms with Gasteiger partial charge in [-0.2, -0.15) is 0 Å². The van der Waals surface area contributed by atoms with Gasteiger partial charge in [0.05, 0.1) is 6.04 Å². The molecule has 1 N–H and O–H groups in total.